The fourth-order valence-electron chi connectivity index (χ4n) is 1.53. The van der Waals surface area contributed by atoms with Crippen LogP contribution < -0.4 is 4.72 Å². The normalized spacial score (nSPS) is 12.2. The van der Waals surface area contributed by atoms with Crippen molar-refractivity contribution < 1.29 is 26.7 Å². The van der Waals surface area contributed by atoms with Crippen molar-refractivity contribution in [2.45, 2.75) is 24.3 Å². The molecular formula is C12H17NO6S2. The van der Waals surface area contributed by atoms with Gasteiger partial charge in [0.2, 0.25) is 10.0 Å². The molecule has 2 N–H and O–H groups in total. The van der Waals surface area contributed by atoms with E-state index in [1.807, 2.05) is 0 Å². The highest BCUT2D eigenvalue weighted by molar-refractivity contribution is 7.90. The lowest BCUT2D eigenvalue weighted by atomic mass is 10.2. The Labute approximate surface area is 124 Å². The molecule has 0 aliphatic rings. The van der Waals surface area contributed by atoms with E-state index >= 15 is 0 Å². The average molecular weight is 335 g/mol. The van der Waals surface area contributed by atoms with E-state index in [0.717, 1.165) is 6.26 Å². The maximum Gasteiger partial charge on any atom is 0.303 e. The third-order valence-electron chi connectivity index (χ3n) is 2.65. The first kappa shape index (κ1) is 17.6. The number of sulfonamides is 1. The minimum absolute atomic E-state index is 0.0272. The second-order valence-electron chi connectivity index (χ2n) is 4.55. The predicted molar refractivity (Wildman–Crippen MR) is 77.0 cm³/mol. The first-order valence-corrected chi connectivity index (χ1v) is 9.63. The summed E-state index contributed by atoms with van der Waals surface area (Å²) in [5, 5.41) is 8.45. The minimum Gasteiger partial charge on any atom is -0.481 e. The fraction of sp³-hybridized carbons (Fsp3) is 0.417. The summed E-state index contributed by atoms with van der Waals surface area (Å²) in [6, 6.07) is 5.86. The highest BCUT2D eigenvalue weighted by atomic mass is 32.2. The zero-order valence-electron chi connectivity index (χ0n) is 11.4. The Bertz CT molecular complexity index is 692. The number of sulfone groups is 1. The van der Waals surface area contributed by atoms with Gasteiger partial charge in [0.25, 0.3) is 0 Å². The van der Waals surface area contributed by atoms with Crippen LogP contribution in [-0.4, -0.2) is 39.9 Å². The summed E-state index contributed by atoms with van der Waals surface area (Å²) >= 11 is 0. The molecule has 0 saturated heterocycles. The molecule has 1 aromatic carbocycles. The summed E-state index contributed by atoms with van der Waals surface area (Å²) in [6.45, 7) is 0.0272. The topological polar surface area (TPSA) is 118 Å². The Hall–Kier alpha value is -1.45. The molecule has 0 bridgehead atoms. The van der Waals surface area contributed by atoms with Gasteiger partial charge in [0.1, 0.15) is 0 Å². The van der Waals surface area contributed by atoms with Crippen LogP contribution in [0.25, 0.3) is 0 Å². The largest absolute Gasteiger partial charge is 0.481 e. The third kappa shape index (κ3) is 6.69. The molecule has 0 atom stereocenters. The number of hydrogen-bond acceptors (Lipinski definition) is 5. The first-order chi connectivity index (χ1) is 9.60. The van der Waals surface area contributed by atoms with Gasteiger partial charge in [-0.3, -0.25) is 4.79 Å². The van der Waals surface area contributed by atoms with Gasteiger partial charge in [-0.1, -0.05) is 12.1 Å². The van der Waals surface area contributed by atoms with Gasteiger partial charge >= 0.3 is 5.97 Å². The number of carboxylic acid groups (broad SMARTS) is 1. The van der Waals surface area contributed by atoms with E-state index in [2.05, 4.69) is 4.72 Å². The lowest BCUT2D eigenvalue weighted by Gasteiger charge is -2.07. The van der Waals surface area contributed by atoms with Crippen molar-refractivity contribution in [2.75, 3.05) is 12.0 Å². The van der Waals surface area contributed by atoms with Crippen LogP contribution in [0.15, 0.2) is 29.2 Å². The van der Waals surface area contributed by atoms with Crippen molar-refractivity contribution in [2.24, 2.45) is 0 Å². The van der Waals surface area contributed by atoms with E-state index in [9.17, 15) is 21.6 Å². The molecule has 0 heterocycles. The molecule has 7 nitrogen and oxygen atoms in total. The standard InChI is InChI=1S/C12H17NO6S2/c1-20(16,17)11-6-4-10(5-7-11)9-13-21(18,19)8-2-3-12(14)15/h4-7,13H,2-3,8-9H2,1H3,(H,14,15). The third-order valence-corrected chi connectivity index (χ3v) is 5.19. The Kier molecular flexibility index (Phi) is 5.87. The van der Waals surface area contributed by atoms with E-state index in [1.165, 1.54) is 24.3 Å². The Morgan fingerprint density at radius 2 is 1.71 bits per heavy atom. The maximum atomic E-state index is 11.6. The van der Waals surface area contributed by atoms with Crippen LogP contribution >= 0.6 is 0 Å². The van der Waals surface area contributed by atoms with Gasteiger partial charge in [-0.2, -0.15) is 0 Å². The van der Waals surface area contributed by atoms with Crippen molar-refractivity contribution in [3.63, 3.8) is 0 Å². The summed E-state index contributed by atoms with van der Waals surface area (Å²) < 4.78 is 48.1. The van der Waals surface area contributed by atoms with Gasteiger partial charge in [-0.15, -0.1) is 0 Å². The van der Waals surface area contributed by atoms with E-state index in [0.29, 0.717) is 5.56 Å². The van der Waals surface area contributed by atoms with E-state index < -0.39 is 25.8 Å². The molecule has 0 saturated carbocycles. The summed E-state index contributed by atoms with van der Waals surface area (Å²) in [4.78, 5) is 10.5. The van der Waals surface area contributed by atoms with Gasteiger partial charge in [0.15, 0.2) is 9.84 Å². The second-order valence-corrected chi connectivity index (χ2v) is 8.50. The number of carbonyl (C=O) groups is 1. The van der Waals surface area contributed by atoms with E-state index in [4.69, 9.17) is 5.11 Å². The molecule has 0 aliphatic heterocycles. The quantitative estimate of drug-likeness (QED) is 0.709. The number of hydrogen-bond donors (Lipinski definition) is 2. The molecule has 0 fully saturated rings. The highest BCUT2D eigenvalue weighted by Gasteiger charge is 2.11. The summed E-state index contributed by atoms with van der Waals surface area (Å²) in [6.07, 6.45) is 0.925. The van der Waals surface area contributed by atoms with E-state index in [1.54, 1.807) is 0 Å². The molecule has 21 heavy (non-hydrogen) atoms. The monoisotopic (exact) mass is 335 g/mol. The van der Waals surface area contributed by atoms with Crippen LogP contribution in [0.1, 0.15) is 18.4 Å². The fourth-order valence-corrected chi connectivity index (χ4v) is 3.22. The zero-order valence-corrected chi connectivity index (χ0v) is 13.1. The molecule has 0 aliphatic carbocycles. The van der Waals surface area contributed by atoms with Gasteiger partial charge in [-0.05, 0) is 24.1 Å². The van der Waals surface area contributed by atoms with E-state index in [-0.39, 0.29) is 30.0 Å². The molecule has 0 spiro atoms. The van der Waals surface area contributed by atoms with Gasteiger partial charge in [-0.25, -0.2) is 21.6 Å². The summed E-state index contributed by atoms with van der Waals surface area (Å²) in [5.74, 6) is -1.30. The van der Waals surface area contributed by atoms with Gasteiger partial charge in [0.05, 0.1) is 10.6 Å². The van der Waals surface area contributed by atoms with Crippen molar-refractivity contribution in [1.29, 1.82) is 0 Å². The van der Waals surface area contributed by atoms with Gasteiger partial charge < -0.3 is 5.11 Å². The van der Waals surface area contributed by atoms with Crippen LogP contribution in [-0.2, 0) is 31.2 Å². The number of nitrogens with one attached hydrogen (secondary N) is 1. The Morgan fingerprint density at radius 1 is 1.14 bits per heavy atom. The molecule has 1 rings (SSSR count). The molecule has 0 unspecified atom stereocenters. The van der Waals surface area contributed by atoms with Crippen molar-refractivity contribution in [3.05, 3.63) is 29.8 Å². The molecule has 118 valence electrons. The zero-order chi connectivity index (χ0) is 16.1. The number of benzene rings is 1. The van der Waals surface area contributed by atoms with Gasteiger partial charge in [0, 0.05) is 19.2 Å². The molecule has 9 heteroatoms. The molecule has 1 aromatic rings. The Morgan fingerprint density at radius 3 is 2.19 bits per heavy atom. The van der Waals surface area contributed by atoms with Crippen molar-refractivity contribution in [3.8, 4) is 0 Å². The lowest BCUT2D eigenvalue weighted by molar-refractivity contribution is -0.137. The van der Waals surface area contributed by atoms with Crippen molar-refractivity contribution >= 4 is 25.8 Å². The smallest absolute Gasteiger partial charge is 0.303 e. The first-order valence-electron chi connectivity index (χ1n) is 6.08. The maximum absolute atomic E-state index is 11.6. The number of aliphatic carboxylic acids is 1. The SMILES string of the molecule is CS(=O)(=O)c1ccc(CNS(=O)(=O)CCCC(=O)O)cc1. The van der Waals surface area contributed by atoms with Crippen molar-refractivity contribution in [1.82, 2.24) is 4.72 Å². The van der Waals surface area contributed by atoms with Crippen LogP contribution in [0, 0.1) is 0 Å². The number of rotatable bonds is 8. The molecule has 0 amide bonds. The molecule has 0 aromatic heterocycles. The molecule has 0 radical (unpaired) electrons. The average Bonchev–Trinajstić information content (AvgIpc) is 2.35. The molecular weight excluding hydrogens is 318 g/mol. The second kappa shape index (κ2) is 7.01. The minimum atomic E-state index is -3.55. The van der Waals surface area contributed by atoms with Crippen LogP contribution in [0.3, 0.4) is 0 Å². The van der Waals surface area contributed by atoms with Crippen LogP contribution in [0.4, 0.5) is 0 Å². The lowest BCUT2D eigenvalue weighted by Crippen LogP contribution is -2.26. The van der Waals surface area contributed by atoms with Crippen LogP contribution in [0.2, 0.25) is 0 Å². The van der Waals surface area contributed by atoms with Crippen LogP contribution in [0.5, 0.6) is 0 Å². The summed E-state index contributed by atoms with van der Waals surface area (Å²) in [7, 11) is -6.82. The highest BCUT2D eigenvalue weighted by Crippen LogP contribution is 2.10. The summed E-state index contributed by atoms with van der Waals surface area (Å²) in [5.41, 5.74) is 0.615. The number of carboxylic acids is 1. The predicted octanol–water partition coefficient (Wildman–Crippen LogP) is 0.374. The Balaban J connectivity index is 2.57.